The van der Waals surface area contributed by atoms with Gasteiger partial charge in [-0.05, 0) is 37.0 Å². The highest BCUT2D eigenvalue weighted by molar-refractivity contribution is 5.77. The lowest BCUT2D eigenvalue weighted by Gasteiger charge is -2.29. The summed E-state index contributed by atoms with van der Waals surface area (Å²) in [6, 6.07) is -0.485. The van der Waals surface area contributed by atoms with Gasteiger partial charge in [-0.1, -0.05) is 6.92 Å². The summed E-state index contributed by atoms with van der Waals surface area (Å²) in [5.74, 6) is -0.411. The maximum atomic E-state index is 11.9. The number of methoxy groups -OCH3 is 1. The lowest BCUT2D eigenvalue weighted by molar-refractivity contribution is -0.144. The number of carboxylic acids is 1. The van der Waals surface area contributed by atoms with Gasteiger partial charge in [-0.3, -0.25) is 4.79 Å². The normalized spacial score (nSPS) is 32.9. The quantitative estimate of drug-likeness (QED) is 0.681. The fraction of sp³-hybridized carbons (Fsp3) is 0.857. The molecule has 0 aromatic heterocycles. The molecule has 2 amide bonds. The van der Waals surface area contributed by atoms with Gasteiger partial charge < -0.3 is 20.5 Å². The summed E-state index contributed by atoms with van der Waals surface area (Å²) in [6.45, 7) is 3.10. The fourth-order valence-corrected chi connectivity index (χ4v) is 3.67. The molecule has 6 heteroatoms. The minimum absolute atomic E-state index is 0.219. The molecule has 114 valence electrons. The highest BCUT2D eigenvalue weighted by atomic mass is 16.5. The fourth-order valence-electron chi connectivity index (χ4n) is 3.67. The number of urea groups is 1. The van der Waals surface area contributed by atoms with Gasteiger partial charge in [-0.2, -0.15) is 0 Å². The zero-order chi connectivity index (χ0) is 14.7. The van der Waals surface area contributed by atoms with Crippen LogP contribution in [0.5, 0.6) is 0 Å². The summed E-state index contributed by atoms with van der Waals surface area (Å²) in [4.78, 5) is 23.2. The Balaban J connectivity index is 1.83. The first-order valence-corrected chi connectivity index (χ1v) is 7.29. The number of fused-ring (bicyclic) bond motifs is 2. The topological polar surface area (TPSA) is 87.7 Å². The summed E-state index contributed by atoms with van der Waals surface area (Å²) < 4.78 is 5.01. The molecule has 5 unspecified atom stereocenters. The van der Waals surface area contributed by atoms with Gasteiger partial charge in [0.25, 0.3) is 0 Å². The molecule has 3 N–H and O–H groups in total. The molecule has 2 aliphatic carbocycles. The minimum Gasteiger partial charge on any atom is -0.481 e. The van der Waals surface area contributed by atoms with E-state index < -0.39 is 11.9 Å². The molecule has 5 atom stereocenters. The van der Waals surface area contributed by atoms with Crippen LogP contribution in [-0.2, 0) is 9.53 Å². The Bertz CT molecular complexity index is 374. The van der Waals surface area contributed by atoms with Crippen molar-refractivity contribution in [2.24, 2.45) is 23.7 Å². The van der Waals surface area contributed by atoms with E-state index in [0.717, 1.165) is 19.3 Å². The van der Waals surface area contributed by atoms with Crippen molar-refractivity contribution in [2.45, 2.75) is 32.2 Å². The smallest absolute Gasteiger partial charge is 0.315 e. The van der Waals surface area contributed by atoms with Crippen LogP contribution in [0.1, 0.15) is 26.2 Å². The van der Waals surface area contributed by atoms with Crippen molar-refractivity contribution in [3.63, 3.8) is 0 Å². The zero-order valence-corrected chi connectivity index (χ0v) is 12.1. The van der Waals surface area contributed by atoms with Crippen LogP contribution in [0.4, 0.5) is 4.79 Å². The molecule has 0 radical (unpaired) electrons. The number of nitrogens with one attached hydrogen (secondary N) is 2. The Morgan fingerprint density at radius 3 is 2.70 bits per heavy atom. The van der Waals surface area contributed by atoms with Crippen LogP contribution in [0.15, 0.2) is 0 Å². The minimum atomic E-state index is -0.782. The lowest BCUT2D eigenvalue weighted by Crippen LogP contribution is -2.50. The van der Waals surface area contributed by atoms with Gasteiger partial charge in [0.1, 0.15) is 0 Å². The van der Waals surface area contributed by atoms with Gasteiger partial charge in [-0.15, -0.1) is 0 Å². The number of rotatable bonds is 6. The van der Waals surface area contributed by atoms with Crippen LogP contribution in [-0.4, -0.2) is 43.4 Å². The molecule has 20 heavy (non-hydrogen) atoms. The van der Waals surface area contributed by atoms with Crippen LogP contribution in [0.3, 0.4) is 0 Å². The molecule has 6 nitrogen and oxygen atoms in total. The standard InChI is InChI=1S/C14H24N2O4/c1-8(7-20-2)6-15-14(19)16-12-10-4-3-9(5-10)11(12)13(17)18/h8-12H,3-7H2,1-2H3,(H,17,18)(H2,15,16,19). The van der Waals surface area contributed by atoms with Crippen LogP contribution in [0.25, 0.3) is 0 Å². The zero-order valence-electron chi connectivity index (χ0n) is 12.1. The molecule has 2 saturated carbocycles. The number of hydrogen-bond donors (Lipinski definition) is 3. The number of aliphatic carboxylic acids is 1. The number of ether oxygens (including phenoxy) is 1. The summed E-state index contributed by atoms with van der Waals surface area (Å²) in [7, 11) is 1.63. The highest BCUT2D eigenvalue weighted by Gasteiger charge is 2.51. The Morgan fingerprint density at radius 2 is 2.05 bits per heavy atom. The van der Waals surface area contributed by atoms with Crippen molar-refractivity contribution in [1.82, 2.24) is 10.6 Å². The predicted octanol–water partition coefficient (Wildman–Crippen LogP) is 1.07. The Labute approximate surface area is 119 Å². The van der Waals surface area contributed by atoms with Crippen molar-refractivity contribution in [2.75, 3.05) is 20.3 Å². The predicted molar refractivity (Wildman–Crippen MR) is 73.3 cm³/mol. The summed E-state index contributed by atoms with van der Waals surface area (Å²) >= 11 is 0. The third-order valence-electron chi connectivity index (χ3n) is 4.56. The maximum absolute atomic E-state index is 11.9. The number of carbonyl (C=O) groups excluding carboxylic acids is 1. The first-order valence-electron chi connectivity index (χ1n) is 7.29. The molecule has 2 rings (SSSR count). The Kier molecular flexibility index (Phi) is 4.86. The van der Waals surface area contributed by atoms with Gasteiger partial charge >= 0.3 is 12.0 Å². The molecular weight excluding hydrogens is 260 g/mol. The summed E-state index contributed by atoms with van der Waals surface area (Å²) in [6.07, 6.45) is 2.94. The first kappa shape index (κ1) is 15.1. The average molecular weight is 284 g/mol. The number of amides is 2. The monoisotopic (exact) mass is 284 g/mol. The van der Waals surface area contributed by atoms with Gasteiger partial charge in [0.15, 0.2) is 0 Å². The first-order chi connectivity index (χ1) is 9.52. The second-order valence-corrected chi connectivity index (χ2v) is 6.14. The van der Waals surface area contributed by atoms with Crippen molar-refractivity contribution in [1.29, 1.82) is 0 Å². The van der Waals surface area contributed by atoms with E-state index in [2.05, 4.69) is 10.6 Å². The van der Waals surface area contributed by atoms with E-state index in [-0.39, 0.29) is 23.9 Å². The van der Waals surface area contributed by atoms with E-state index >= 15 is 0 Å². The average Bonchev–Trinajstić information content (AvgIpc) is 2.97. The Morgan fingerprint density at radius 1 is 1.35 bits per heavy atom. The molecule has 0 spiro atoms. The summed E-state index contributed by atoms with van der Waals surface area (Å²) in [5, 5.41) is 15.0. The van der Waals surface area contributed by atoms with Crippen molar-refractivity contribution in [3.05, 3.63) is 0 Å². The molecule has 0 aliphatic heterocycles. The van der Waals surface area contributed by atoms with Crippen molar-refractivity contribution >= 4 is 12.0 Å². The molecule has 0 aromatic carbocycles. The maximum Gasteiger partial charge on any atom is 0.315 e. The number of carboxylic acid groups (broad SMARTS) is 1. The SMILES string of the molecule is COCC(C)CNC(=O)NC1C2CCC(C2)C1C(=O)O. The van der Waals surface area contributed by atoms with Crippen molar-refractivity contribution in [3.8, 4) is 0 Å². The van der Waals surface area contributed by atoms with Gasteiger partial charge in [-0.25, -0.2) is 4.79 Å². The van der Waals surface area contributed by atoms with E-state index in [9.17, 15) is 14.7 Å². The molecule has 2 aliphatic rings. The van der Waals surface area contributed by atoms with Gasteiger partial charge in [0, 0.05) is 19.7 Å². The van der Waals surface area contributed by atoms with E-state index in [0.29, 0.717) is 19.1 Å². The second-order valence-electron chi connectivity index (χ2n) is 6.14. The Hall–Kier alpha value is -1.30. The molecule has 0 saturated heterocycles. The molecule has 0 heterocycles. The number of carbonyl (C=O) groups is 2. The van der Waals surface area contributed by atoms with Crippen molar-refractivity contribution < 1.29 is 19.4 Å². The van der Waals surface area contributed by atoms with Crippen LogP contribution >= 0.6 is 0 Å². The molecular formula is C14H24N2O4. The van der Waals surface area contributed by atoms with Gasteiger partial charge in [0.2, 0.25) is 0 Å². The largest absolute Gasteiger partial charge is 0.481 e. The van der Waals surface area contributed by atoms with Crippen LogP contribution in [0.2, 0.25) is 0 Å². The second kappa shape index (κ2) is 6.43. The molecule has 2 fully saturated rings. The third kappa shape index (κ3) is 3.23. The number of hydrogen-bond acceptors (Lipinski definition) is 3. The van der Waals surface area contributed by atoms with E-state index in [1.807, 2.05) is 6.92 Å². The van der Waals surface area contributed by atoms with E-state index in [1.165, 1.54) is 0 Å². The lowest BCUT2D eigenvalue weighted by atomic mass is 9.84. The van der Waals surface area contributed by atoms with Crippen LogP contribution in [0, 0.1) is 23.7 Å². The van der Waals surface area contributed by atoms with Gasteiger partial charge in [0.05, 0.1) is 12.5 Å². The third-order valence-corrected chi connectivity index (χ3v) is 4.56. The van der Waals surface area contributed by atoms with Crippen LogP contribution < -0.4 is 10.6 Å². The molecule has 2 bridgehead atoms. The van der Waals surface area contributed by atoms with E-state index in [4.69, 9.17) is 4.74 Å². The highest BCUT2D eigenvalue weighted by Crippen LogP contribution is 2.48. The summed E-state index contributed by atoms with van der Waals surface area (Å²) in [5.41, 5.74) is 0. The van der Waals surface area contributed by atoms with E-state index in [1.54, 1.807) is 7.11 Å². The molecule has 0 aromatic rings.